The van der Waals surface area contributed by atoms with Crippen molar-refractivity contribution in [2.24, 2.45) is 17.6 Å². The fourth-order valence-electron chi connectivity index (χ4n) is 3.26. The minimum Gasteiger partial charge on any atom is -0.327 e. The number of hydrogen-bond donors (Lipinski definition) is 1. The molecule has 3 atom stereocenters. The summed E-state index contributed by atoms with van der Waals surface area (Å²) in [5.41, 5.74) is 6.04. The number of piperidine rings is 2. The summed E-state index contributed by atoms with van der Waals surface area (Å²) in [4.78, 5) is 2.46. The summed E-state index contributed by atoms with van der Waals surface area (Å²) in [6, 6.07) is 0.329. The first-order valence-corrected chi connectivity index (χ1v) is 9.14. The first-order valence-electron chi connectivity index (χ1n) is 7.29. The van der Waals surface area contributed by atoms with E-state index in [2.05, 4.69) is 11.8 Å². The SMILES string of the molecule is CC1CN(CC2CCCN(S(C)(=O)=O)C2)CCC1N. The molecule has 2 rings (SSSR count). The van der Waals surface area contributed by atoms with E-state index in [0.29, 0.717) is 31.0 Å². The van der Waals surface area contributed by atoms with Crippen molar-refractivity contribution in [3.8, 4) is 0 Å². The van der Waals surface area contributed by atoms with E-state index < -0.39 is 10.0 Å². The van der Waals surface area contributed by atoms with Crippen molar-refractivity contribution in [3.63, 3.8) is 0 Å². The van der Waals surface area contributed by atoms with Crippen molar-refractivity contribution >= 4 is 10.0 Å². The van der Waals surface area contributed by atoms with Crippen molar-refractivity contribution in [2.75, 3.05) is 39.0 Å². The van der Waals surface area contributed by atoms with Crippen molar-refractivity contribution in [2.45, 2.75) is 32.2 Å². The lowest BCUT2D eigenvalue weighted by molar-refractivity contribution is 0.122. The highest BCUT2D eigenvalue weighted by molar-refractivity contribution is 7.88. The van der Waals surface area contributed by atoms with Crippen molar-refractivity contribution in [3.05, 3.63) is 0 Å². The van der Waals surface area contributed by atoms with Gasteiger partial charge >= 0.3 is 0 Å². The Hall–Kier alpha value is -0.170. The molecule has 6 heteroatoms. The number of likely N-dealkylation sites (tertiary alicyclic amines) is 1. The van der Waals surface area contributed by atoms with Crippen molar-refractivity contribution < 1.29 is 8.42 Å². The third-order valence-electron chi connectivity index (χ3n) is 4.52. The van der Waals surface area contributed by atoms with Gasteiger partial charge in [0.05, 0.1) is 6.26 Å². The molecule has 2 aliphatic rings. The lowest BCUT2D eigenvalue weighted by Crippen LogP contribution is -2.49. The molecule has 112 valence electrons. The van der Waals surface area contributed by atoms with Crippen LogP contribution in [-0.2, 0) is 10.0 Å². The van der Waals surface area contributed by atoms with Crippen molar-refractivity contribution in [1.82, 2.24) is 9.21 Å². The van der Waals surface area contributed by atoms with Gasteiger partial charge in [0.15, 0.2) is 0 Å². The molecule has 0 aromatic carbocycles. The molecular weight excluding hydrogens is 262 g/mol. The Morgan fingerprint density at radius 2 is 1.95 bits per heavy atom. The number of rotatable bonds is 3. The largest absolute Gasteiger partial charge is 0.327 e. The molecule has 0 radical (unpaired) electrons. The zero-order chi connectivity index (χ0) is 14.0. The maximum atomic E-state index is 11.6. The lowest BCUT2D eigenvalue weighted by atomic mass is 9.92. The average molecular weight is 289 g/mol. The van der Waals surface area contributed by atoms with E-state index >= 15 is 0 Å². The molecule has 0 spiro atoms. The van der Waals surface area contributed by atoms with E-state index in [-0.39, 0.29) is 0 Å². The van der Waals surface area contributed by atoms with Crippen LogP contribution in [0, 0.1) is 11.8 Å². The third kappa shape index (κ3) is 4.15. The van der Waals surface area contributed by atoms with Gasteiger partial charge in [-0.3, -0.25) is 0 Å². The Morgan fingerprint density at radius 1 is 1.21 bits per heavy atom. The number of nitrogens with zero attached hydrogens (tertiary/aromatic N) is 2. The highest BCUT2D eigenvalue weighted by Crippen LogP contribution is 2.22. The first-order chi connectivity index (χ1) is 8.86. The number of hydrogen-bond acceptors (Lipinski definition) is 4. The van der Waals surface area contributed by atoms with Crippen LogP contribution in [0.1, 0.15) is 26.2 Å². The second kappa shape index (κ2) is 6.08. The summed E-state index contributed by atoms with van der Waals surface area (Å²) in [6.45, 7) is 6.72. The minimum atomic E-state index is -3.02. The highest BCUT2D eigenvalue weighted by atomic mass is 32.2. The Labute approximate surface area is 117 Å². The minimum absolute atomic E-state index is 0.329. The number of sulfonamides is 1. The summed E-state index contributed by atoms with van der Waals surface area (Å²) in [5, 5.41) is 0. The van der Waals surface area contributed by atoms with Gasteiger partial charge in [-0.05, 0) is 37.6 Å². The lowest BCUT2D eigenvalue weighted by Gasteiger charge is -2.39. The molecule has 0 amide bonds. The molecule has 5 nitrogen and oxygen atoms in total. The van der Waals surface area contributed by atoms with E-state index in [9.17, 15) is 8.42 Å². The average Bonchev–Trinajstić information content (AvgIpc) is 2.33. The molecule has 3 unspecified atom stereocenters. The molecule has 0 aliphatic carbocycles. The zero-order valence-corrected chi connectivity index (χ0v) is 12.9. The predicted octanol–water partition coefficient (Wildman–Crippen LogP) is 0.327. The third-order valence-corrected chi connectivity index (χ3v) is 5.79. The van der Waals surface area contributed by atoms with E-state index in [0.717, 1.165) is 38.9 Å². The number of nitrogens with two attached hydrogens (primary N) is 1. The molecule has 19 heavy (non-hydrogen) atoms. The smallest absolute Gasteiger partial charge is 0.211 e. The molecule has 2 fully saturated rings. The predicted molar refractivity (Wildman–Crippen MR) is 77.3 cm³/mol. The molecule has 0 aromatic rings. The first kappa shape index (κ1) is 15.2. The van der Waals surface area contributed by atoms with Crippen LogP contribution in [0.3, 0.4) is 0 Å². The topological polar surface area (TPSA) is 66.6 Å². The Balaban J connectivity index is 1.86. The van der Waals surface area contributed by atoms with Crippen LogP contribution in [0.2, 0.25) is 0 Å². The van der Waals surface area contributed by atoms with Gasteiger partial charge in [0, 0.05) is 32.2 Å². The fraction of sp³-hybridized carbons (Fsp3) is 1.00. The van der Waals surface area contributed by atoms with Gasteiger partial charge in [-0.2, -0.15) is 0 Å². The van der Waals surface area contributed by atoms with Gasteiger partial charge in [0.2, 0.25) is 10.0 Å². The van der Waals surface area contributed by atoms with Crippen LogP contribution in [0.5, 0.6) is 0 Å². The highest BCUT2D eigenvalue weighted by Gasteiger charge is 2.29. The van der Waals surface area contributed by atoms with Crippen LogP contribution in [-0.4, -0.2) is 62.6 Å². The maximum Gasteiger partial charge on any atom is 0.211 e. The Bertz CT molecular complexity index is 399. The quantitative estimate of drug-likeness (QED) is 0.813. The van der Waals surface area contributed by atoms with E-state index in [4.69, 9.17) is 5.73 Å². The Morgan fingerprint density at radius 3 is 2.58 bits per heavy atom. The summed E-state index contributed by atoms with van der Waals surface area (Å²) < 4.78 is 24.9. The van der Waals surface area contributed by atoms with Crippen molar-refractivity contribution in [1.29, 1.82) is 0 Å². The van der Waals surface area contributed by atoms with Gasteiger partial charge in [0.1, 0.15) is 0 Å². The van der Waals surface area contributed by atoms with Crippen LogP contribution in [0.25, 0.3) is 0 Å². The summed E-state index contributed by atoms with van der Waals surface area (Å²) in [7, 11) is -3.02. The van der Waals surface area contributed by atoms with Crippen LogP contribution >= 0.6 is 0 Å². The van der Waals surface area contributed by atoms with Gasteiger partial charge in [-0.1, -0.05) is 6.92 Å². The van der Waals surface area contributed by atoms with Crippen LogP contribution in [0.15, 0.2) is 0 Å². The Kier molecular flexibility index (Phi) is 4.87. The monoisotopic (exact) mass is 289 g/mol. The van der Waals surface area contributed by atoms with Crippen LogP contribution < -0.4 is 5.73 Å². The van der Waals surface area contributed by atoms with Gasteiger partial charge in [-0.15, -0.1) is 0 Å². The van der Waals surface area contributed by atoms with E-state index in [1.165, 1.54) is 6.26 Å². The molecular formula is C13H27N3O2S. The van der Waals surface area contributed by atoms with Crippen LogP contribution in [0.4, 0.5) is 0 Å². The molecule has 0 saturated carbocycles. The van der Waals surface area contributed by atoms with E-state index in [1.54, 1.807) is 4.31 Å². The van der Waals surface area contributed by atoms with Gasteiger partial charge < -0.3 is 10.6 Å². The van der Waals surface area contributed by atoms with E-state index in [1.807, 2.05) is 0 Å². The molecule has 0 aromatic heterocycles. The summed E-state index contributed by atoms with van der Waals surface area (Å²) in [5.74, 6) is 1.02. The molecule has 2 aliphatic heterocycles. The maximum absolute atomic E-state index is 11.6. The normalized spacial score (nSPS) is 35.4. The van der Waals surface area contributed by atoms with Gasteiger partial charge in [0.25, 0.3) is 0 Å². The molecule has 2 N–H and O–H groups in total. The molecule has 2 saturated heterocycles. The molecule has 0 bridgehead atoms. The second-order valence-corrected chi connectivity index (χ2v) is 8.30. The standard InChI is InChI=1S/C13H27N3O2S/c1-11-8-15(7-5-13(11)14)9-12-4-3-6-16(10-12)19(2,17)18/h11-13H,3-10,14H2,1-2H3. The van der Waals surface area contributed by atoms with Gasteiger partial charge in [-0.25, -0.2) is 12.7 Å². The molecule has 2 heterocycles. The zero-order valence-electron chi connectivity index (χ0n) is 12.1. The summed E-state index contributed by atoms with van der Waals surface area (Å²) in [6.07, 6.45) is 4.50. The fourth-order valence-corrected chi connectivity index (χ4v) is 4.20. The second-order valence-electron chi connectivity index (χ2n) is 6.32. The summed E-state index contributed by atoms with van der Waals surface area (Å²) >= 11 is 0.